The van der Waals surface area contributed by atoms with Gasteiger partial charge in [0.1, 0.15) is 5.78 Å². The molecule has 2 nitrogen and oxygen atoms in total. The maximum atomic E-state index is 12.8. The van der Waals surface area contributed by atoms with Gasteiger partial charge < -0.3 is 4.79 Å². The van der Waals surface area contributed by atoms with Crippen molar-refractivity contribution < 1.29 is 9.59 Å². The first kappa shape index (κ1) is 23.5. The number of Topliss-reactive ketones (excluding diaryl/α,β-unsaturated/α-hetero) is 1. The van der Waals surface area contributed by atoms with Crippen molar-refractivity contribution in [2.45, 2.75) is 74.1 Å². The second kappa shape index (κ2) is 9.13. The molecule has 2 rings (SSSR count). The van der Waals surface area contributed by atoms with Crippen LogP contribution in [0.25, 0.3) is 0 Å². The normalized spacial score (nSPS) is 36.8. The fourth-order valence-electron chi connectivity index (χ4n) is 5.19. The standard InChI is InChI=1S/C21H34O2.C2H7P/c1-13(2)20(6)11-9-17-19(16(20)5)18(23)12-14(3)21(17,7)10-8-15(4)22;1-3-2/h12-13,16-17,19H,8-11H2,1-7H3;3H,1-2H3. The average Bonchev–Trinajstić information content (AvgIpc) is 2.54. The molecule has 0 aromatic carbocycles. The van der Waals surface area contributed by atoms with Gasteiger partial charge in [0.15, 0.2) is 5.78 Å². The zero-order chi connectivity index (χ0) is 20.3. The number of fused-ring (bicyclic) bond motifs is 1. The minimum Gasteiger partial charge on any atom is -0.300 e. The molecule has 0 spiro atoms. The highest BCUT2D eigenvalue weighted by Gasteiger charge is 2.55. The van der Waals surface area contributed by atoms with E-state index < -0.39 is 0 Å². The molecule has 0 aromatic heterocycles. The molecule has 3 heteroatoms. The smallest absolute Gasteiger partial charge is 0.159 e. The molecule has 0 aliphatic heterocycles. The minimum atomic E-state index is -0.00316. The van der Waals surface area contributed by atoms with Crippen molar-refractivity contribution in [2.24, 2.45) is 34.5 Å². The monoisotopic (exact) mass is 380 g/mol. The van der Waals surface area contributed by atoms with Gasteiger partial charge in [-0.15, -0.1) is 8.58 Å². The van der Waals surface area contributed by atoms with Gasteiger partial charge >= 0.3 is 0 Å². The van der Waals surface area contributed by atoms with Gasteiger partial charge in [-0.25, -0.2) is 0 Å². The van der Waals surface area contributed by atoms with Gasteiger partial charge in [0, 0.05) is 12.3 Å². The Morgan fingerprint density at radius 2 is 1.85 bits per heavy atom. The maximum Gasteiger partial charge on any atom is 0.159 e. The molecule has 0 amide bonds. The summed E-state index contributed by atoms with van der Waals surface area (Å²) < 4.78 is 0. The first-order valence-corrected chi connectivity index (χ1v) is 12.3. The van der Waals surface area contributed by atoms with Crippen LogP contribution in [0.4, 0.5) is 0 Å². The Labute approximate surface area is 163 Å². The lowest BCUT2D eigenvalue weighted by Crippen LogP contribution is -2.52. The number of ketones is 2. The van der Waals surface area contributed by atoms with Crippen LogP contribution in [0.5, 0.6) is 0 Å². The number of hydrogen-bond donors (Lipinski definition) is 0. The molecule has 26 heavy (non-hydrogen) atoms. The van der Waals surface area contributed by atoms with E-state index in [0.717, 1.165) is 21.4 Å². The predicted octanol–water partition coefficient (Wildman–Crippen LogP) is 6.14. The van der Waals surface area contributed by atoms with E-state index in [-0.39, 0.29) is 22.5 Å². The van der Waals surface area contributed by atoms with E-state index in [0.29, 0.717) is 30.0 Å². The van der Waals surface area contributed by atoms with Gasteiger partial charge in [0.25, 0.3) is 0 Å². The number of carbonyl (C=O) groups is 2. The van der Waals surface area contributed by atoms with Crippen molar-refractivity contribution in [1.82, 2.24) is 0 Å². The van der Waals surface area contributed by atoms with Gasteiger partial charge in [0.2, 0.25) is 0 Å². The Bertz CT molecular complexity index is 550. The third-order valence-electron chi connectivity index (χ3n) is 7.73. The van der Waals surface area contributed by atoms with Crippen LogP contribution in [-0.4, -0.2) is 24.9 Å². The Morgan fingerprint density at radius 1 is 1.31 bits per heavy atom. The van der Waals surface area contributed by atoms with Crippen molar-refractivity contribution >= 4 is 20.1 Å². The largest absolute Gasteiger partial charge is 0.300 e. The summed E-state index contributed by atoms with van der Waals surface area (Å²) in [5.41, 5.74) is 1.42. The first-order valence-electron chi connectivity index (χ1n) is 10.3. The van der Waals surface area contributed by atoms with E-state index in [1.165, 1.54) is 12.0 Å². The number of carbonyl (C=O) groups excluding carboxylic acids is 2. The molecule has 0 heterocycles. The lowest BCUT2D eigenvalue weighted by atomic mass is 9.47. The third-order valence-corrected chi connectivity index (χ3v) is 7.73. The molecule has 0 radical (unpaired) electrons. The van der Waals surface area contributed by atoms with Gasteiger partial charge in [-0.1, -0.05) is 40.2 Å². The van der Waals surface area contributed by atoms with Gasteiger partial charge in [-0.05, 0) is 81.1 Å². The van der Waals surface area contributed by atoms with Crippen LogP contribution in [0.15, 0.2) is 11.6 Å². The summed E-state index contributed by atoms with van der Waals surface area (Å²) in [5, 5.41) is 0. The fourth-order valence-corrected chi connectivity index (χ4v) is 5.19. The fraction of sp³-hybridized carbons (Fsp3) is 0.826. The summed E-state index contributed by atoms with van der Waals surface area (Å²) >= 11 is 0. The van der Waals surface area contributed by atoms with Gasteiger partial charge in [-0.2, -0.15) is 0 Å². The van der Waals surface area contributed by atoms with Crippen molar-refractivity contribution in [3.63, 3.8) is 0 Å². The average molecular weight is 381 g/mol. The molecular formula is C23H41O2P. The molecule has 0 N–H and O–H groups in total. The molecule has 1 saturated carbocycles. The zero-order valence-electron chi connectivity index (χ0n) is 18.5. The molecule has 150 valence electrons. The lowest BCUT2D eigenvalue weighted by Gasteiger charge is -2.56. The summed E-state index contributed by atoms with van der Waals surface area (Å²) in [6.45, 7) is 19.6. The predicted molar refractivity (Wildman–Crippen MR) is 115 cm³/mol. The van der Waals surface area contributed by atoms with E-state index in [1.807, 2.05) is 6.08 Å². The van der Waals surface area contributed by atoms with Gasteiger partial charge in [0.05, 0.1) is 0 Å². The van der Waals surface area contributed by atoms with Crippen molar-refractivity contribution in [3.8, 4) is 0 Å². The second-order valence-corrected chi connectivity index (χ2v) is 10.5. The lowest BCUT2D eigenvalue weighted by molar-refractivity contribution is -0.134. The molecule has 5 unspecified atom stereocenters. The molecule has 2 aliphatic carbocycles. The molecule has 2 aliphatic rings. The van der Waals surface area contributed by atoms with Gasteiger partial charge in [-0.3, -0.25) is 4.79 Å². The molecule has 0 bridgehead atoms. The van der Waals surface area contributed by atoms with Crippen molar-refractivity contribution in [3.05, 3.63) is 11.6 Å². The number of rotatable bonds is 4. The summed E-state index contributed by atoms with van der Waals surface area (Å²) in [4.78, 5) is 24.4. The van der Waals surface area contributed by atoms with E-state index in [1.54, 1.807) is 6.92 Å². The van der Waals surface area contributed by atoms with E-state index >= 15 is 0 Å². The van der Waals surface area contributed by atoms with Crippen LogP contribution in [0.2, 0.25) is 0 Å². The molecule has 1 fully saturated rings. The Balaban J connectivity index is 0.00000105. The van der Waals surface area contributed by atoms with E-state index in [4.69, 9.17) is 0 Å². The van der Waals surface area contributed by atoms with Crippen LogP contribution >= 0.6 is 8.58 Å². The second-order valence-electron chi connectivity index (χ2n) is 9.47. The van der Waals surface area contributed by atoms with Crippen LogP contribution in [0, 0.1) is 34.5 Å². The van der Waals surface area contributed by atoms with Crippen LogP contribution < -0.4 is 0 Å². The zero-order valence-corrected chi connectivity index (χ0v) is 19.5. The minimum absolute atomic E-state index is 0.00316. The van der Waals surface area contributed by atoms with Crippen molar-refractivity contribution in [1.29, 1.82) is 0 Å². The summed E-state index contributed by atoms with van der Waals surface area (Å²) in [6, 6.07) is 0. The highest BCUT2D eigenvalue weighted by Crippen LogP contribution is 2.59. The van der Waals surface area contributed by atoms with Crippen LogP contribution in [0.1, 0.15) is 74.1 Å². The quantitative estimate of drug-likeness (QED) is 0.549. The third kappa shape index (κ3) is 4.49. The summed E-state index contributed by atoms with van der Waals surface area (Å²) in [5.74, 6) is 2.07. The summed E-state index contributed by atoms with van der Waals surface area (Å²) in [7, 11) is 1.08. The Kier molecular flexibility index (Phi) is 8.27. The number of allylic oxidation sites excluding steroid dienone is 2. The summed E-state index contributed by atoms with van der Waals surface area (Å²) in [6.07, 6.45) is 5.68. The van der Waals surface area contributed by atoms with E-state index in [2.05, 4.69) is 54.9 Å². The van der Waals surface area contributed by atoms with Crippen molar-refractivity contribution in [2.75, 3.05) is 13.3 Å². The van der Waals surface area contributed by atoms with Crippen LogP contribution in [-0.2, 0) is 9.59 Å². The molecule has 0 saturated heterocycles. The number of hydrogen-bond acceptors (Lipinski definition) is 2. The first-order chi connectivity index (χ1) is 12.0. The Hall–Kier alpha value is -0.490. The maximum absolute atomic E-state index is 12.8. The SMILES string of the molecule is CC(=O)CCC1(C)C(C)=CC(=O)C2C1CCC(C)(C(C)C)C2C.CPC. The topological polar surface area (TPSA) is 34.1 Å². The molecule has 5 atom stereocenters. The highest BCUT2D eigenvalue weighted by atomic mass is 31.1. The van der Waals surface area contributed by atoms with E-state index in [9.17, 15) is 9.59 Å². The highest BCUT2D eigenvalue weighted by molar-refractivity contribution is 7.35. The molecule has 0 aromatic rings. The molecular weight excluding hydrogens is 339 g/mol. The van der Waals surface area contributed by atoms with Crippen LogP contribution in [0.3, 0.4) is 0 Å². The Morgan fingerprint density at radius 3 is 2.31 bits per heavy atom.